The lowest BCUT2D eigenvalue weighted by Crippen LogP contribution is -2.48. The second kappa shape index (κ2) is 6.08. The molecule has 22 heavy (non-hydrogen) atoms. The lowest BCUT2D eigenvalue weighted by molar-refractivity contribution is -0.122. The van der Waals surface area contributed by atoms with E-state index in [4.69, 9.17) is 15.2 Å². The number of hydrogen-bond acceptors (Lipinski definition) is 4. The van der Waals surface area contributed by atoms with E-state index in [0.717, 1.165) is 22.2 Å². The molecule has 0 aliphatic carbocycles. The van der Waals surface area contributed by atoms with Crippen LogP contribution in [0.3, 0.4) is 0 Å². The molecule has 4 N–H and O–H groups in total. The molecule has 1 aromatic heterocycles. The number of nitrogens with two attached hydrogens (primary N) is 1. The van der Waals surface area contributed by atoms with Gasteiger partial charge in [-0.1, -0.05) is 18.2 Å². The molecular formula is C16H21N3O3. The van der Waals surface area contributed by atoms with Gasteiger partial charge in [0, 0.05) is 37.2 Å². The molecule has 1 aliphatic heterocycles. The Morgan fingerprint density at radius 2 is 2.09 bits per heavy atom. The number of methoxy groups -OCH3 is 2. The van der Waals surface area contributed by atoms with Crippen LogP contribution in [0.1, 0.15) is 23.7 Å². The smallest absolute Gasteiger partial charge is 0.234 e. The summed E-state index contributed by atoms with van der Waals surface area (Å²) in [5.41, 5.74) is 8.82. The number of hydrogen-bond donors (Lipinski definition) is 3. The third kappa shape index (κ3) is 2.61. The monoisotopic (exact) mass is 303 g/mol. The van der Waals surface area contributed by atoms with Crippen LogP contribution in [0.5, 0.6) is 0 Å². The highest BCUT2D eigenvalue weighted by molar-refractivity contribution is 5.87. The highest BCUT2D eigenvalue weighted by Gasteiger charge is 2.33. The third-order valence-electron chi connectivity index (χ3n) is 4.30. The summed E-state index contributed by atoms with van der Waals surface area (Å²) in [4.78, 5) is 15.1. The molecule has 0 fully saturated rings. The maximum absolute atomic E-state index is 11.7. The maximum Gasteiger partial charge on any atom is 0.234 e. The number of amides is 1. The number of carbonyl (C=O) groups is 1. The summed E-state index contributed by atoms with van der Waals surface area (Å²) < 4.78 is 10.6. The van der Waals surface area contributed by atoms with Crippen LogP contribution < -0.4 is 11.1 Å². The van der Waals surface area contributed by atoms with Gasteiger partial charge in [0.05, 0.1) is 12.1 Å². The Labute approximate surface area is 129 Å². The Hall–Kier alpha value is -1.89. The molecule has 0 spiro atoms. The van der Waals surface area contributed by atoms with Gasteiger partial charge in [0.25, 0.3) is 0 Å². The summed E-state index contributed by atoms with van der Waals surface area (Å²) >= 11 is 0. The average Bonchev–Trinajstić information content (AvgIpc) is 2.91. The van der Waals surface area contributed by atoms with Gasteiger partial charge < -0.3 is 20.2 Å². The molecule has 0 unspecified atom stereocenters. The van der Waals surface area contributed by atoms with Gasteiger partial charge in [-0.05, 0) is 18.1 Å². The van der Waals surface area contributed by atoms with Gasteiger partial charge in [-0.15, -0.1) is 0 Å². The van der Waals surface area contributed by atoms with Gasteiger partial charge in [-0.3, -0.25) is 10.1 Å². The Morgan fingerprint density at radius 1 is 1.36 bits per heavy atom. The zero-order chi connectivity index (χ0) is 15.7. The molecule has 0 saturated heterocycles. The van der Waals surface area contributed by atoms with Crippen LogP contribution in [-0.2, 0) is 20.7 Å². The predicted molar refractivity (Wildman–Crippen MR) is 83.3 cm³/mol. The summed E-state index contributed by atoms with van der Waals surface area (Å²) in [7, 11) is 3.21. The number of fused-ring (bicyclic) bond motifs is 3. The number of carbonyl (C=O) groups excluding carboxylic acids is 1. The lowest BCUT2D eigenvalue weighted by Gasteiger charge is -2.31. The largest absolute Gasteiger partial charge is 0.368 e. The number of benzene rings is 1. The van der Waals surface area contributed by atoms with Crippen LogP contribution in [-0.4, -0.2) is 37.4 Å². The van der Waals surface area contributed by atoms with E-state index in [1.54, 1.807) is 14.2 Å². The summed E-state index contributed by atoms with van der Waals surface area (Å²) in [6, 6.07) is 7.64. The van der Waals surface area contributed by atoms with Crippen molar-refractivity contribution in [1.82, 2.24) is 10.3 Å². The van der Waals surface area contributed by atoms with Gasteiger partial charge in [0.15, 0.2) is 6.29 Å². The van der Waals surface area contributed by atoms with Crippen molar-refractivity contribution in [2.24, 2.45) is 5.73 Å². The maximum atomic E-state index is 11.7. The van der Waals surface area contributed by atoms with E-state index in [1.165, 1.54) is 0 Å². The summed E-state index contributed by atoms with van der Waals surface area (Å²) in [5, 5.41) is 4.44. The van der Waals surface area contributed by atoms with Crippen molar-refractivity contribution in [2.75, 3.05) is 14.2 Å². The fraction of sp³-hybridized carbons (Fsp3) is 0.438. The Morgan fingerprint density at radius 3 is 2.77 bits per heavy atom. The van der Waals surface area contributed by atoms with Crippen molar-refractivity contribution >= 4 is 16.8 Å². The first-order valence-electron chi connectivity index (χ1n) is 7.34. The molecule has 0 saturated carbocycles. The zero-order valence-electron chi connectivity index (χ0n) is 12.8. The summed E-state index contributed by atoms with van der Waals surface area (Å²) in [5.74, 6) is -0.340. The highest BCUT2D eigenvalue weighted by Crippen LogP contribution is 2.34. The fourth-order valence-electron chi connectivity index (χ4n) is 3.18. The van der Waals surface area contributed by atoms with E-state index in [2.05, 4.69) is 16.4 Å². The number of H-pyrrole nitrogens is 1. The number of rotatable bonds is 5. The SMILES string of the molecule is COC(C[C@@H]1N[C@H](C(N)=O)Cc2c1[nH]c1ccccc21)OC. The van der Waals surface area contributed by atoms with Crippen molar-refractivity contribution < 1.29 is 14.3 Å². The number of primary amides is 1. The van der Waals surface area contributed by atoms with Crippen LogP contribution in [0, 0.1) is 0 Å². The van der Waals surface area contributed by atoms with Crippen LogP contribution in [0.2, 0.25) is 0 Å². The van der Waals surface area contributed by atoms with Crippen LogP contribution >= 0.6 is 0 Å². The second-order valence-corrected chi connectivity index (χ2v) is 5.58. The van der Waals surface area contributed by atoms with Crippen LogP contribution in [0.4, 0.5) is 0 Å². The van der Waals surface area contributed by atoms with Gasteiger partial charge in [0.2, 0.25) is 5.91 Å². The van der Waals surface area contributed by atoms with E-state index in [1.807, 2.05) is 18.2 Å². The highest BCUT2D eigenvalue weighted by atomic mass is 16.7. The van der Waals surface area contributed by atoms with Crippen molar-refractivity contribution in [3.05, 3.63) is 35.5 Å². The normalized spacial score (nSPS) is 21.2. The molecule has 2 aromatic rings. The van der Waals surface area contributed by atoms with Crippen LogP contribution in [0.15, 0.2) is 24.3 Å². The minimum atomic E-state index is -0.383. The van der Waals surface area contributed by atoms with E-state index in [0.29, 0.717) is 12.8 Å². The number of aromatic nitrogens is 1. The molecule has 1 aliphatic rings. The molecule has 2 heterocycles. The number of para-hydroxylation sites is 1. The van der Waals surface area contributed by atoms with Crippen molar-refractivity contribution in [3.63, 3.8) is 0 Å². The number of nitrogens with one attached hydrogen (secondary N) is 2. The van der Waals surface area contributed by atoms with E-state index in [9.17, 15) is 4.79 Å². The molecule has 1 aromatic carbocycles. The molecule has 2 atom stereocenters. The van der Waals surface area contributed by atoms with Gasteiger partial charge in [0.1, 0.15) is 0 Å². The van der Waals surface area contributed by atoms with Gasteiger partial charge in [-0.2, -0.15) is 0 Å². The first kappa shape index (κ1) is 15.0. The van der Waals surface area contributed by atoms with E-state index < -0.39 is 0 Å². The standard InChI is InChI=1S/C16H21N3O3/c1-21-14(22-2)8-12-15-10(7-13(18-12)16(17)20)9-5-3-4-6-11(9)19-15/h3-6,12-14,18-19H,7-8H2,1-2H3,(H2,17,20)/t12-,13-/m0/s1. The van der Waals surface area contributed by atoms with Crippen molar-refractivity contribution in [2.45, 2.75) is 31.2 Å². The van der Waals surface area contributed by atoms with Crippen molar-refractivity contribution in [3.8, 4) is 0 Å². The lowest BCUT2D eigenvalue weighted by atomic mass is 9.92. The average molecular weight is 303 g/mol. The molecule has 6 nitrogen and oxygen atoms in total. The Kier molecular flexibility index (Phi) is 4.15. The van der Waals surface area contributed by atoms with Gasteiger partial charge >= 0.3 is 0 Å². The van der Waals surface area contributed by atoms with E-state index >= 15 is 0 Å². The third-order valence-corrected chi connectivity index (χ3v) is 4.30. The summed E-state index contributed by atoms with van der Waals surface area (Å²) in [6.45, 7) is 0. The molecule has 3 rings (SSSR count). The minimum Gasteiger partial charge on any atom is -0.368 e. The first-order chi connectivity index (χ1) is 10.6. The minimum absolute atomic E-state index is 0.0708. The molecule has 118 valence electrons. The van der Waals surface area contributed by atoms with E-state index in [-0.39, 0.29) is 24.3 Å². The first-order valence-corrected chi connectivity index (χ1v) is 7.34. The topological polar surface area (TPSA) is 89.4 Å². The second-order valence-electron chi connectivity index (χ2n) is 5.58. The number of ether oxygens (including phenoxy) is 2. The quantitative estimate of drug-likeness (QED) is 0.725. The summed E-state index contributed by atoms with van der Waals surface area (Å²) in [6.07, 6.45) is 0.843. The molecule has 6 heteroatoms. The molecule has 0 bridgehead atoms. The molecule has 0 radical (unpaired) electrons. The number of aromatic amines is 1. The van der Waals surface area contributed by atoms with Crippen molar-refractivity contribution in [1.29, 1.82) is 0 Å². The Balaban J connectivity index is 2.02. The zero-order valence-corrected chi connectivity index (χ0v) is 12.8. The Bertz CT molecular complexity index is 678. The van der Waals surface area contributed by atoms with Gasteiger partial charge in [-0.25, -0.2) is 0 Å². The predicted octanol–water partition coefficient (Wildman–Crippen LogP) is 1.22. The fourth-order valence-corrected chi connectivity index (χ4v) is 3.18. The van der Waals surface area contributed by atoms with Crippen LogP contribution in [0.25, 0.3) is 10.9 Å². The molecular weight excluding hydrogens is 282 g/mol. The molecule has 1 amide bonds.